The van der Waals surface area contributed by atoms with Crippen LogP contribution in [0.25, 0.3) is 0 Å². The van der Waals surface area contributed by atoms with Crippen LogP contribution in [0.1, 0.15) is 47.2 Å². The second kappa shape index (κ2) is 9.97. The Labute approximate surface area is 189 Å². The third-order valence-electron chi connectivity index (χ3n) is 5.32. The molecule has 1 N–H and O–H groups in total. The van der Waals surface area contributed by atoms with Gasteiger partial charge in [0, 0.05) is 29.7 Å². The highest BCUT2D eigenvalue weighted by atomic mass is 19.4. The lowest BCUT2D eigenvalue weighted by Crippen LogP contribution is -2.11. The molecule has 1 heterocycles. The van der Waals surface area contributed by atoms with Crippen molar-refractivity contribution in [3.63, 3.8) is 0 Å². The summed E-state index contributed by atoms with van der Waals surface area (Å²) in [6, 6.07) is 8.62. The fourth-order valence-corrected chi connectivity index (χ4v) is 3.73. The minimum absolute atomic E-state index is 0.0115. The number of ketones is 1. The number of halogens is 3. The van der Waals surface area contributed by atoms with E-state index in [-0.39, 0.29) is 47.5 Å². The third kappa shape index (κ3) is 5.47. The van der Waals surface area contributed by atoms with Crippen molar-refractivity contribution in [1.29, 1.82) is 0 Å². The molecule has 0 fully saturated rings. The molecule has 1 atom stereocenters. The smallest absolute Gasteiger partial charge is 0.416 e. The fraction of sp³-hybridized carbons (Fsp3) is 0.333. The number of carbonyl (C=O) groups is 1. The molecule has 1 aromatic heterocycles. The van der Waals surface area contributed by atoms with Crippen molar-refractivity contribution in [2.24, 2.45) is 0 Å². The number of Topliss-reactive ketones (excluding diaryl/α,β-unsaturated/α-hetero) is 1. The number of rotatable bonds is 9. The molecule has 9 heteroatoms. The summed E-state index contributed by atoms with van der Waals surface area (Å²) < 4.78 is 56.7. The number of methoxy groups -OCH3 is 2. The largest absolute Gasteiger partial charge is 0.493 e. The zero-order valence-electron chi connectivity index (χ0n) is 18.7. The Balaban J connectivity index is 2.00. The van der Waals surface area contributed by atoms with Gasteiger partial charge in [0.05, 0.1) is 25.5 Å². The predicted molar refractivity (Wildman–Crippen MR) is 116 cm³/mol. The van der Waals surface area contributed by atoms with E-state index in [2.05, 4.69) is 10.2 Å². The molecule has 0 bridgehead atoms. The number of hydrogen-bond acceptors (Lipinski definition) is 5. The molecule has 0 saturated heterocycles. The minimum Gasteiger partial charge on any atom is -0.493 e. The number of aromatic nitrogens is 2. The van der Waals surface area contributed by atoms with Gasteiger partial charge in [-0.1, -0.05) is 18.2 Å². The zero-order valence-corrected chi connectivity index (χ0v) is 18.7. The molecule has 0 aliphatic carbocycles. The minimum atomic E-state index is -4.50. The first-order chi connectivity index (χ1) is 15.7. The van der Waals surface area contributed by atoms with Crippen LogP contribution < -0.4 is 14.2 Å². The number of alkyl halides is 3. The maximum atomic E-state index is 13.3. The molecular weight excluding hydrogens is 437 g/mol. The maximum absolute atomic E-state index is 13.3. The first kappa shape index (κ1) is 24.2. The highest BCUT2D eigenvalue weighted by molar-refractivity contribution is 5.77. The maximum Gasteiger partial charge on any atom is 0.416 e. The van der Waals surface area contributed by atoms with Gasteiger partial charge in [-0.2, -0.15) is 18.3 Å². The molecule has 176 valence electrons. The van der Waals surface area contributed by atoms with Crippen molar-refractivity contribution in [2.75, 3.05) is 14.2 Å². The number of aromatic amines is 1. The van der Waals surface area contributed by atoms with E-state index in [0.717, 1.165) is 22.9 Å². The summed E-state index contributed by atoms with van der Waals surface area (Å²) in [5.74, 6) is 0.407. The number of benzene rings is 2. The number of hydrogen-bond donors (Lipinski definition) is 1. The molecular formula is C24H25F3N2O4. The molecule has 33 heavy (non-hydrogen) atoms. The van der Waals surface area contributed by atoms with Crippen LogP contribution in [-0.4, -0.2) is 30.2 Å². The second-order valence-electron chi connectivity index (χ2n) is 7.58. The quantitative estimate of drug-likeness (QED) is 0.458. The van der Waals surface area contributed by atoms with E-state index in [0.29, 0.717) is 0 Å². The van der Waals surface area contributed by atoms with E-state index >= 15 is 0 Å². The van der Waals surface area contributed by atoms with Crippen molar-refractivity contribution in [3.8, 4) is 17.2 Å². The Morgan fingerprint density at radius 2 is 1.76 bits per heavy atom. The first-order valence-electron chi connectivity index (χ1n) is 10.2. The van der Waals surface area contributed by atoms with Crippen molar-refractivity contribution in [3.05, 3.63) is 70.5 Å². The number of ether oxygens (including phenoxy) is 3. The average Bonchev–Trinajstić information content (AvgIpc) is 3.20. The SMILES string of the molecule is COc1cc(C(CC(C)=O)c2c[nH]nc2C)cc(OC)c1OCc1ccccc1C(F)(F)F. The average molecular weight is 462 g/mol. The van der Waals surface area contributed by atoms with Crippen LogP contribution in [-0.2, 0) is 17.6 Å². The number of aryl methyl sites for hydroxylation is 1. The molecule has 1 unspecified atom stereocenters. The van der Waals surface area contributed by atoms with Gasteiger partial charge in [0.2, 0.25) is 5.75 Å². The van der Waals surface area contributed by atoms with Gasteiger partial charge in [0.15, 0.2) is 11.5 Å². The summed E-state index contributed by atoms with van der Waals surface area (Å²) >= 11 is 0. The highest BCUT2D eigenvalue weighted by Crippen LogP contribution is 2.43. The fourth-order valence-electron chi connectivity index (χ4n) is 3.73. The Morgan fingerprint density at radius 1 is 1.12 bits per heavy atom. The topological polar surface area (TPSA) is 73.4 Å². The summed E-state index contributed by atoms with van der Waals surface area (Å²) in [6.45, 7) is 3.01. The van der Waals surface area contributed by atoms with E-state index in [1.165, 1.54) is 39.3 Å². The molecule has 0 aliphatic heterocycles. The number of nitrogens with zero attached hydrogens (tertiary/aromatic N) is 1. The van der Waals surface area contributed by atoms with Crippen LogP contribution in [0.4, 0.5) is 13.2 Å². The Kier molecular flexibility index (Phi) is 7.30. The summed E-state index contributed by atoms with van der Waals surface area (Å²) in [5.41, 5.74) is 1.55. The molecule has 0 saturated carbocycles. The third-order valence-corrected chi connectivity index (χ3v) is 5.32. The van der Waals surface area contributed by atoms with Gasteiger partial charge in [0.25, 0.3) is 0 Å². The van der Waals surface area contributed by atoms with E-state index in [1.54, 1.807) is 18.3 Å². The van der Waals surface area contributed by atoms with Crippen LogP contribution in [0.2, 0.25) is 0 Å². The predicted octanol–water partition coefficient (Wildman–Crippen LogP) is 5.44. The first-order valence-corrected chi connectivity index (χ1v) is 10.2. The van der Waals surface area contributed by atoms with E-state index in [1.807, 2.05) is 6.92 Å². The monoisotopic (exact) mass is 462 g/mol. The van der Waals surface area contributed by atoms with Crippen molar-refractivity contribution >= 4 is 5.78 Å². The van der Waals surface area contributed by atoms with Gasteiger partial charge in [-0.05, 0) is 37.6 Å². The Bertz CT molecular complexity index is 1100. The molecule has 3 aromatic rings. The standard InChI is InChI=1S/C24H25F3N2O4/c1-14(30)9-18(19-12-28-29-15(19)2)17-10-21(31-3)23(22(11-17)32-4)33-13-16-7-5-6-8-20(16)24(25,26)27/h5-8,10-12,18H,9,13H2,1-4H3,(H,28,29). The number of nitrogens with one attached hydrogen (secondary N) is 1. The molecule has 0 amide bonds. The van der Waals surface area contributed by atoms with Gasteiger partial charge in [-0.15, -0.1) is 0 Å². The van der Waals surface area contributed by atoms with Crippen LogP contribution >= 0.6 is 0 Å². The normalized spacial score (nSPS) is 12.3. The molecule has 3 rings (SSSR count). The summed E-state index contributed by atoms with van der Waals surface area (Å²) in [7, 11) is 2.86. The Morgan fingerprint density at radius 3 is 2.27 bits per heavy atom. The van der Waals surface area contributed by atoms with Gasteiger partial charge >= 0.3 is 6.18 Å². The van der Waals surface area contributed by atoms with Gasteiger partial charge in [0.1, 0.15) is 12.4 Å². The number of carbonyl (C=O) groups excluding carboxylic acids is 1. The molecule has 0 aliphatic rings. The van der Waals surface area contributed by atoms with E-state index < -0.39 is 11.7 Å². The molecule has 2 aromatic carbocycles. The lowest BCUT2D eigenvalue weighted by Gasteiger charge is -2.21. The van der Waals surface area contributed by atoms with Crippen LogP contribution in [0.5, 0.6) is 17.2 Å². The number of H-pyrrole nitrogens is 1. The van der Waals surface area contributed by atoms with E-state index in [9.17, 15) is 18.0 Å². The van der Waals surface area contributed by atoms with Crippen molar-refractivity contribution in [1.82, 2.24) is 10.2 Å². The summed E-state index contributed by atoms with van der Waals surface area (Å²) in [4.78, 5) is 12.0. The van der Waals surface area contributed by atoms with Crippen molar-refractivity contribution in [2.45, 2.75) is 39.0 Å². The van der Waals surface area contributed by atoms with Crippen LogP contribution in [0.15, 0.2) is 42.6 Å². The zero-order chi connectivity index (χ0) is 24.2. The molecule has 6 nitrogen and oxygen atoms in total. The highest BCUT2D eigenvalue weighted by Gasteiger charge is 2.33. The lowest BCUT2D eigenvalue weighted by atomic mass is 9.87. The molecule has 0 spiro atoms. The van der Waals surface area contributed by atoms with Crippen LogP contribution in [0.3, 0.4) is 0 Å². The van der Waals surface area contributed by atoms with Gasteiger partial charge in [-0.25, -0.2) is 0 Å². The molecule has 0 radical (unpaired) electrons. The second-order valence-corrected chi connectivity index (χ2v) is 7.58. The summed E-state index contributed by atoms with van der Waals surface area (Å²) in [6.07, 6.45) is -2.54. The van der Waals surface area contributed by atoms with Gasteiger partial charge < -0.3 is 14.2 Å². The lowest BCUT2D eigenvalue weighted by molar-refractivity contribution is -0.138. The van der Waals surface area contributed by atoms with Crippen molar-refractivity contribution < 1.29 is 32.2 Å². The Hall–Kier alpha value is -3.49. The van der Waals surface area contributed by atoms with E-state index in [4.69, 9.17) is 14.2 Å². The van der Waals surface area contributed by atoms with Crippen LogP contribution in [0, 0.1) is 6.92 Å². The van der Waals surface area contributed by atoms with Gasteiger partial charge in [-0.3, -0.25) is 9.89 Å². The summed E-state index contributed by atoms with van der Waals surface area (Å²) in [5, 5.41) is 6.95.